The van der Waals surface area contributed by atoms with Gasteiger partial charge in [-0.3, -0.25) is 4.79 Å². The van der Waals surface area contributed by atoms with Crippen LogP contribution in [-0.4, -0.2) is 23.2 Å². The second kappa shape index (κ2) is 5.45. The van der Waals surface area contributed by atoms with Gasteiger partial charge in [-0.25, -0.2) is 4.68 Å². The molecule has 0 aliphatic carbocycles. The first-order valence-electron chi connectivity index (χ1n) is 5.95. The van der Waals surface area contributed by atoms with Crippen molar-refractivity contribution in [2.45, 2.75) is 13.5 Å². The van der Waals surface area contributed by atoms with E-state index in [1.54, 1.807) is 13.2 Å². The zero-order valence-corrected chi connectivity index (χ0v) is 11.3. The van der Waals surface area contributed by atoms with E-state index in [0.29, 0.717) is 17.5 Å². The number of hydrogen-bond acceptors (Lipinski definition) is 5. The van der Waals surface area contributed by atoms with Crippen molar-refractivity contribution in [3.8, 4) is 23.1 Å². The molecule has 1 aromatic heterocycles. The van der Waals surface area contributed by atoms with Crippen molar-refractivity contribution in [3.05, 3.63) is 29.3 Å². The van der Waals surface area contributed by atoms with Gasteiger partial charge in [-0.15, -0.1) is 0 Å². The van der Waals surface area contributed by atoms with Gasteiger partial charge in [0.15, 0.2) is 6.29 Å². The molecule has 1 heterocycles. The fourth-order valence-corrected chi connectivity index (χ4v) is 2.02. The van der Waals surface area contributed by atoms with Gasteiger partial charge in [0.05, 0.1) is 18.7 Å². The molecular formula is C14H14N4O2. The lowest BCUT2D eigenvalue weighted by Gasteiger charge is -2.06. The molecule has 2 aromatic rings. The molecule has 0 radical (unpaired) electrons. The number of nitrogens with two attached hydrogens (primary N) is 1. The predicted octanol–water partition coefficient (Wildman–Crippen LogP) is 1.79. The molecule has 0 saturated carbocycles. The summed E-state index contributed by atoms with van der Waals surface area (Å²) in [4.78, 5) is 11.2. The lowest BCUT2D eigenvalue weighted by atomic mass is 10.0. The molecule has 0 atom stereocenters. The molecule has 6 heteroatoms. The Kier molecular flexibility index (Phi) is 3.71. The average molecular weight is 270 g/mol. The molecule has 0 unspecified atom stereocenters. The Morgan fingerprint density at radius 2 is 2.30 bits per heavy atom. The van der Waals surface area contributed by atoms with Gasteiger partial charge < -0.3 is 10.5 Å². The van der Waals surface area contributed by atoms with Crippen LogP contribution in [0.4, 0.5) is 5.82 Å². The third-order valence-electron chi connectivity index (χ3n) is 3.06. The Balaban J connectivity index is 2.60. The first-order chi connectivity index (χ1) is 9.62. The van der Waals surface area contributed by atoms with Crippen LogP contribution >= 0.6 is 0 Å². The SMILES string of the molecule is COc1ccc(-c2nn(CC#N)c(N)c2C=O)c(C)c1. The number of hydrogen-bond donors (Lipinski definition) is 1. The number of nitrogens with zero attached hydrogens (tertiary/aromatic N) is 3. The number of aldehydes is 1. The Bertz CT molecular complexity index is 698. The predicted molar refractivity (Wildman–Crippen MR) is 74.4 cm³/mol. The standard InChI is InChI=1S/C14H14N4O2/c1-9-7-10(20-2)3-4-11(9)13-12(8-19)14(16)18(17-13)6-5-15/h3-4,7-8H,6,16H2,1-2H3. The molecule has 2 rings (SSSR count). The molecule has 2 N–H and O–H groups in total. The third-order valence-corrected chi connectivity index (χ3v) is 3.06. The van der Waals surface area contributed by atoms with Crippen LogP contribution in [0.3, 0.4) is 0 Å². The van der Waals surface area contributed by atoms with E-state index in [9.17, 15) is 4.79 Å². The summed E-state index contributed by atoms with van der Waals surface area (Å²) >= 11 is 0. The molecule has 0 bridgehead atoms. The maximum Gasteiger partial charge on any atom is 0.156 e. The highest BCUT2D eigenvalue weighted by Crippen LogP contribution is 2.30. The summed E-state index contributed by atoms with van der Waals surface area (Å²) in [5, 5.41) is 13.0. The van der Waals surface area contributed by atoms with Crippen LogP contribution in [0.25, 0.3) is 11.3 Å². The third kappa shape index (κ3) is 2.21. The number of nitrogen functional groups attached to an aromatic ring is 1. The van der Waals surface area contributed by atoms with E-state index in [-0.39, 0.29) is 12.4 Å². The number of ether oxygens (including phenoxy) is 1. The van der Waals surface area contributed by atoms with Crippen molar-refractivity contribution in [2.75, 3.05) is 12.8 Å². The highest BCUT2D eigenvalue weighted by atomic mass is 16.5. The zero-order valence-electron chi connectivity index (χ0n) is 11.3. The van der Waals surface area contributed by atoms with E-state index in [1.807, 2.05) is 25.1 Å². The number of rotatable bonds is 4. The van der Waals surface area contributed by atoms with Gasteiger partial charge in [0.1, 0.15) is 23.8 Å². The second-order valence-corrected chi connectivity index (χ2v) is 4.26. The molecule has 6 nitrogen and oxygen atoms in total. The summed E-state index contributed by atoms with van der Waals surface area (Å²) in [6.45, 7) is 1.90. The number of aromatic nitrogens is 2. The number of aryl methyl sites for hydroxylation is 1. The van der Waals surface area contributed by atoms with E-state index in [2.05, 4.69) is 5.10 Å². The van der Waals surface area contributed by atoms with E-state index < -0.39 is 0 Å². The molecule has 0 aliphatic heterocycles. The monoisotopic (exact) mass is 270 g/mol. The summed E-state index contributed by atoms with van der Waals surface area (Å²) in [5.74, 6) is 0.926. The van der Waals surface area contributed by atoms with Crippen molar-refractivity contribution >= 4 is 12.1 Å². The molecule has 20 heavy (non-hydrogen) atoms. The highest BCUT2D eigenvalue weighted by molar-refractivity contribution is 5.92. The minimum atomic E-state index is 0.00186. The van der Waals surface area contributed by atoms with Gasteiger partial charge in [0.2, 0.25) is 0 Å². The molecule has 102 valence electrons. The molecular weight excluding hydrogens is 256 g/mol. The smallest absolute Gasteiger partial charge is 0.156 e. The number of carbonyl (C=O) groups is 1. The van der Waals surface area contributed by atoms with Crippen molar-refractivity contribution < 1.29 is 9.53 Å². The first kappa shape index (κ1) is 13.6. The van der Waals surface area contributed by atoms with Crippen LogP contribution in [0.1, 0.15) is 15.9 Å². The quantitative estimate of drug-likeness (QED) is 0.855. The topological polar surface area (TPSA) is 93.9 Å². The molecule has 0 saturated heterocycles. The van der Waals surface area contributed by atoms with Crippen LogP contribution < -0.4 is 10.5 Å². The highest BCUT2D eigenvalue weighted by Gasteiger charge is 2.18. The normalized spacial score (nSPS) is 10.1. The molecule has 1 aromatic carbocycles. The zero-order chi connectivity index (χ0) is 14.7. The van der Waals surface area contributed by atoms with Crippen molar-refractivity contribution in [1.29, 1.82) is 5.26 Å². The van der Waals surface area contributed by atoms with Crippen LogP contribution in [0.2, 0.25) is 0 Å². The van der Waals surface area contributed by atoms with Crippen LogP contribution in [0, 0.1) is 18.3 Å². The number of carbonyl (C=O) groups excluding carboxylic acids is 1. The Morgan fingerprint density at radius 1 is 1.55 bits per heavy atom. The van der Waals surface area contributed by atoms with Crippen molar-refractivity contribution in [2.24, 2.45) is 0 Å². The number of benzene rings is 1. The van der Waals surface area contributed by atoms with Gasteiger partial charge in [0.25, 0.3) is 0 Å². The number of nitriles is 1. The molecule has 0 spiro atoms. The van der Waals surface area contributed by atoms with Crippen LogP contribution in [0.15, 0.2) is 18.2 Å². The summed E-state index contributed by atoms with van der Waals surface area (Å²) in [6, 6.07) is 7.42. The van der Waals surface area contributed by atoms with Gasteiger partial charge >= 0.3 is 0 Å². The van der Waals surface area contributed by atoms with Gasteiger partial charge in [-0.1, -0.05) is 0 Å². The first-order valence-corrected chi connectivity index (χ1v) is 5.95. The molecule has 0 amide bonds. The van der Waals surface area contributed by atoms with Gasteiger partial charge in [-0.2, -0.15) is 10.4 Å². The Hall–Kier alpha value is -2.81. The largest absolute Gasteiger partial charge is 0.497 e. The van der Waals surface area contributed by atoms with E-state index in [4.69, 9.17) is 15.7 Å². The minimum Gasteiger partial charge on any atom is -0.497 e. The van der Waals surface area contributed by atoms with Gasteiger partial charge in [0, 0.05) is 5.56 Å². The molecule has 0 aliphatic rings. The Morgan fingerprint density at radius 3 is 2.85 bits per heavy atom. The molecule has 0 fully saturated rings. The Labute approximate surface area is 116 Å². The van der Waals surface area contributed by atoms with E-state index in [0.717, 1.165) is 16.9 Å². The lowest BCUT2D eigenvalue weighted by Crippen LogP contribution is -2.03. The van der Waals surface area contributed by atoms with Crippen molar-refractivity contribution in [3.63, 3.8) is 0 Å². The van der Waals surface area contributed by atoms with Crippen molar-refractivity contribution in [1.82, 2.24) is 9.78 Å². The summed E-state index contributed by atoms with van der Waals surface area (Å²) in [6.07, 6.45) is 0.662. The van der Waals surface area contributed by atoms with Crippen LogP contribution in [0.5, 0.6) is 5.75 Å². The fraction of sp³-hybridized carbons (Fsp3) is 0.214. The summed E-state index contributed by atoms with van der Waals surface area (Å²) in [7, 11) is 1.59. The van der Waals surface area contributed by atoms with Gasteiger partial charge in [-0.05, 0) is 30.7 Å². The van der Waals surface area contributed by atoms with E-state index in [1.165, 1.54) is 4.68 Å². The minimum absolute atomic E-state index is 0.00186. The summed E-state index contributed by atoms with van der Waals surface area (Å²) in [5.41, 5.74) is 8.32. The van der Waals surface area contributed by atoms with Crippen LogP contribution in [-0.2, 0) is 6.54 Å². The number of methoxy groups -OCH3 is 1. The maximum atomic E-state index is 11.2. The van der Waals surface area contributed by atoms with E-state index >= 15 is 0 Å². The average Bonchev–Trinajstić information content (AvgIpc) is 2.75. The summed E-state index contributed by atoms with van der Waals surface area (Å²) < 4.78 is 6.47. The fourth-order valence-electron chi connectivity index (χ4n) is 2.02. The number of anilines is 1. The maximum absolute atomic E-state index is 11.2. The lowest BCUT2D eigenvalue weighted by molar-refractivity contribution is 0.112. The second-order valence-electron chi connectivity index (χ2n) is 4.26.